The molecule has 1 unspecified atom stereocenters. The zero-order valence-corrected chi connectivity index (χ0v) is 25.4. The lowest BCUT2D eigenvalue weighted by atomic mass is 9.77. The highest BCUT2D eigenvalue weighted by Gasteiger charge is 2.46. The van der Waals surface area contributed by atoms with Gasteiger partial charge in [-0.2, -0.15) is 0 Å². The monoisotopic (exact) mass is 538 g/mol. The van der Waals surface area contributed by atoms with E-state index in [1.165, 1.54) is 6.92 Å². The number of carbonyl (C=O) groups excluding carboxylic acids is 2. The van der Waals surface area contributed by atoms with Crippen molar-refractivity contribution in [1.29, 1.82) is 0 Å². The number of carbonyl (C=O) groups is 3. The van der Waals surface area contributed by atoms with E-state index in [1.807, 2.05) is 90.5 Å². The zero-order valence-electron chi connectivity index (χ0n) is 25.4. The molecule has 8 heteroatoms. The molecule has 1 aromatic heterocycles. The molecule has 0 spiro atoms. The number of nitrogens with zero attached hydrogens (tertiary/aromatic N) is 3. The molecule has 1 heterocycles. The van der Waals surface area contributed by atoms with E-state index in [0.717, 1.165) is 16.5 Å². The first-order valence-corrected chi connectivity index (χ1v) is 13.6. The van der Waals surface area contributed by atoms with Crippen LogP contribution in [-0.2, 0) is 26.8 Å². The van der Waals surface area contributed by atoms with E-state index in [0.29, 0.717) is 12.1 Å². The average Bonchev–Trinajstić information content (AvgIpc) is 3.22. The molecule has 0 saturated heterocycles. The Kier molecular flexibility index (Phi) is 9.93. The lowest BCUT2D eigenvalue weighted by molar-refractivity contribution is -0.144. The number of likely N-dealkylation sites (N-methyl/N-ethyl adjacent to an activating group) is 1. The van der Waals surface area contributed by atoms with Crippen LogP contribution in [-0.4, -0.2) is 63.7 Å². The molecule has 0 fully saturated rings. The molecule has 0 bridgehead atoms. The maximum absolute atomic E-state index is 14.2. The number of fused-ring (bicyclic) bond motifs is 1. The summed E-state index contributed by atoms with van der Waals surface area (Å²) in [4.78, 5) is 45.7. The number of hydrogen-bond donors (Lipinski definition) is 2. The van der Waals surface area contributed by atoms with Crippen molar-refractivity contribution in [3.05, 3.63) is 47.7 Å². The van der Waals surface area contributed by atoms with Crippen molar-refractivity contribution in [2.45, 2.75) is 78.8 Å². The standard InChI is InChI=1S/C31H46N4O4/c1-12-31(20(4)5,29(39)35(11)25(19(2)3)17-21(6)28(37)38)33-27(36)26(32-9)30(7,8)23-18-34(10)24-16-14-13-15-22(23)24/h13-20,25H,12H2,1-11H3,(H,33,36)(H,37,38)/b21-17+,32-26?/t25-,31?/m1/s1. The van der Waals surface area contributed by atoms with Crippen LogP contribution >= 0.6 is 0 Å². The Balaban J connectivity index is 2.53. The van der Waals surface area contributed by atoms with Gasteiger partial charge < -0.3 is 19.9 Å². The fourth-order valence-electron chi connectivity index (χ4n) is 5.52. The van der Waals surface area contributed by atoms with Crippen molar-refractivity contribution in [2.75, 3.05) is 14.1 Å². The number of aryl methyl sites for hydroxylation is 1. The molecular formula is C31H46N4O4. The predicted octanol–water partition coefficient (Wildman–Crippen LogP) is 4.96. The first-order valence-electron chi connectivity index (χ1n) is 13.6. The molecule has 2 aromatic rings. The van der Waals surface area contributed by atoms with Crippen LogP contribution in [0.3, 0.4) is 0 Å². The number of nitrogens with one attached hydrogen (secondary N) is 1. The number of aromatic nitrogens is 1. The Hall–Kier alpha value is -3.42. The third-order valence-corrected chi connectivity index (χ3v) is 8.07. The van der Waals surface area contributed by atoms with E-state index in [-0.39, 0.29) is 23.3 Å². The summed E-state index contributed by atoms with van der Waals surface area (Å²) in [6, 6.07) is 7.59. The minimum absolute atomic E-state index is 0.0382. The van der Waals surface area contributed by atoms with Gasteiger partial charge >= 0.3 is 5.97 Å². The second-order valence-corrected chi connectivity index (χ2v) is 11.6. The molecule has 0 radical (unpaired) electrons. The number of rotatable bonds is 11. The van der Waals surface area contributed by atoms with Gasteiger partial charge in [-0.3, -0.25) is 14.6 Å². The van der Waals surface area contributed by atoms with Crippen molar-refractivity contribution in [3.8, 4) is 0 Å². The molecule has 0 aliphatic carbocycles. The third kappa shape index (κ3) is 6.10. The van der Waals surface area contributed by atoms with E-state index in [4.69, 9.17) is 0 Å². The smallest absolute Gasteiger partial charge is 0.331 e. The van der Waals surface area contributed by atoms with E-state index in [2.05, 4.69) is 10.3 Å². The van der Waals surface area contributed by atoms with Crippen molar-refractivity contribution in [1.82, 2.24) is 14.8 Å². The van der Waals surface area contributed by atoms with Gasteiger partial charge in [0.2, 0.25) is 5.91 Å². The molecule has 1 aromatic carbocycles. The summed E-state index contributed by atoms with van der Waals surface area (Å²) in [5.74, 6) is -1.97. The summed E-state index contributed by atoms with van der Waals surface area (Å²) >= 11 is 0. The second kappa shape index (κ2) is 12.2. The van der Waals surface area contributed by atoms with Gasteiger partial charge in [-0.05, 0) is 50.7 Å². The van der Waals surface area contributed by atoms with E-state index < -0.39 is 28.9 Å². The van der Waals surface area contributed by atoms with Gasteiger partial charge in [0, 0.05) is 49.2 Å². The predicted molar refractivity (Wildman–Crippen MR) is 158 cm³/mol. The van der Waals surface area contributed by atoms with E-state index in [9.17, 15) is 19.5 Å². The van der Waals surface area contributed by atoms with Crippen LogP contribution in [0.15, 0.2) is 47.1 Å². The Morgan fingerprint density at radius 2 is 1.74 bits per heavy atom. The minimum Gasteiger partial charge on any atom is -0.478 e. The van der Waals surface area contributed by atoms with Crippen LogP contribution in [0.1, 0.15) is 67.4 Å². The number of carboxylic acid groups (broad SMARTS) is 1. The minimum atomic E-state index is -1.21. The van der Waals surface area contributed by atoms with E-state index in [1.54, 1.807) is 25.1 Å². The molecule has 39 heavy (non-hydrogen) atoms. The fraction of sp³-hybridized carbons (Fsp3) is 0.548. The van der Waals surface area contributed by atoms with Crippen LogP contribution in [0, 0.1) is 11.8 Å². The molecule has 2 N–H and O–H groups in total. The first-order chi connectivity index (χ1) is 18.1. The molecule has 2 rings (SSSR count). The van der Waals surface area contributed by atoms with Crippen LogP contribution in [0.2, 0.25) is 0 Å². The lowest BCUT2D eigenvalue weighted by Gasteiger charge is -2.42. The summed E-state index contributed by atoms with van der Waals surface area (Å²) in [5.41, 5.74) is 0.571. The largest absolute Gasteiger partial charge is 0.478 e. The number of benzene rings is 1. The zero-order chi connectivity index (χ0) is 29.9. The molecule has 214 valence electrons. The van der Waals surface area contributed by atoms with Crippen LogP contribution in [0.5, 0.6) is 0 Å². The fourth-order valence-corrected chi connectivity index (χ4v) is 5.52. The van der Waals surface area contributed by atoms with Crippen molar-refractivity contribution in [3.63, 3.8) is 0 Å². The van der Waals surface area contributed by atoms with Crippen LogP contribution in [0.25, 0.3) is 10.9 Å². The maximum atomic E-state index is 14.2. The summed E-state index contributed by atoms with van der Waals surface area (Å²) in [6.07, 6.45) is 4.00. The lowest BCUT2D eigenvalue weighted by Crippen LogP contribution is -2.65. The highest BCUT2D eigenvalue weighted by molar-refractivity contribution is 6.43. The summed E-state index contributed by atoms with van der Waals surface area (Å²) in [5, 5.41) is 13.6. The molecule has 2 amide bonds. The second-order valence-electron chi connectivity index (χ2n) is 11.6. The summed E-state index contributed by atoms with van der Waals surface area (Å²) in [7, 11) is 5.26. The van der Waals surface area contributed by atoms with Crippen molar-refractivity contribution in [2.24, 2.45) is 23.9 Å². The Bertz CT molecular complexity index is 1280. The Labute approximate surface area is 233 Å². The number of hydrogen-bond acceptors (Lipinski definition) is 4. The Morgan fingerprint density at radius 1 is 1.15 bits per heavy atom. The molecule has 2 atom stereocenters. The average molecular weight is 539 g/mol. The van der Waals surface area contributed by atoms with Gasteiger partial charge in [-0.15, -0.1) is 0 Å². The molecule has 8 nitrogen and oxygen atoms in total. The highest BCUT2D eigenvalue weighted by atomic mass is 16.4. The number of amides is 2. The number of carboxylic acids is 1. The number of aliphatic carboxylic acids is 1. The molecule has 0 aliphatic rings. The van der Waals surface area contributed by atoms with Crippen molar-refractivity contribution >= 4 is 34.4 Å². The van der Waals surface area contributed by atoms with Crippen LogP contribution in [0.4, 0.5) is 0 Å². The SMILES string of the molecule is CCC(NC(=O)C(=NC)C(C)(C)c1cn(C)c2ccccc12)(C(=O)N(C)[C@H](/C=C(\C)C(=O)O)C(C)C)C(C)C. The highest BCUT2D eigenvalue weighted by Crippen LogP contribution is 2.34. The number of para-hydroxylation sites is 1. The molecule has 0 saturated carbocycles. The topological polar surface area (TPSA) is 104 Å². The van der Waals surface area contributed by atoms with Gasteiger partial charge in [0.05, 0.1) is 6.04 Å². The first kappa shape index (κ1) is 31.8. The van der Waals surface area contributed by atoms with E-state index >= 15 is 0 Å². The maximum Gasteiger partial charge on any atom is 0.331 e. The van der Waals surface area contributed by atoms with Gasteiger partial charge in [0.15, 0.2) is 0 Å². The summed E-state index contributed by atoms with van der Waals surface area (Å²) < 4.78 is 2.04. The quantitative estimate of drug-likeness (QED) is 0.312. The van der Waals surface area contributed by atoms with Gasteiger partial charge in [-0.1, -0.05) is 58.9 Å². The van der Waals surface area contributed by atoms with Crippen molar-refractivity contribution < 1.29 is 19.5 Å². The van der Waals surface area contributed by atoms with Gasteiger partial charge in [0.1, 0.15) is 11.3 Å². The van der Waals surface area contributed by atoms with Gasteiger partial charge in [0.25, 0.3) is 5.91 Å². The Morgan fingerprint density at radius 3 is 2.23 bits per heavy atom. The van der Waals surface area contributed by atoms with Gasteiger partial charge in [-0.25, -0.2) is 4.79 Å². The number of aliphatic imine (C=N–C) groups is 1. The molecule has 0 aliphatic heterocycles. The summed E-state index contributed by atoms with van der Waals surface area (Å²) in [6.45, 7) is 15.1. The molecular weight excluding hydrogens is 492 g/mol. The normalized spacial score (nSPS) is 15.4. The van der Waals surface area contributed by atoms with Crippen LogP contribution < -0.4 is 5.32 Å². The third-order valence-electron chi connectivity index (χ3n) is 8.07.